The van der Waals surface area contributed by atoms with Crippen LogP contribution in [0.25, 0.3) is 5.69 Å². The number of aromatic nitrogens is 2. The van der Waals surface area contributed by atoms with Gasteiger partial charge in [-0.3, -0.25) is 4.99 Å². The lowest BCUT2D eigenvalue weighted by atomic mass is 10.1. The number of nitrogens with two attached hydrogens (primary N) is 1. The van der Waals surface area contributed by atoms with Crippen LogP contribution in [0.4, 0.5) is 0 Å². The van der Waals surface area contributed by atoms with Crippen molar-refractivity contribution in [3.63, 3.8) is 0 Å². The van der Waals surface area contributed by atoms with Crippen molar-refractivity contribution in [1.82, 2.24) is 15.1 Å². The molecule has 0 radical (unpaired) electrons. The van der Waals surface area contributed by atoms with Crippen LogP contribution < -0.4 is 11.1 Å². The van der Waals surface area contributed by atoms with Crippen LogP contribution in [-0.4, -0.2) is 28.8 Å². The topological polar surface area (TPSA) is 68.2 Å². The molecule has 2 rings (SSSR count). The number of aliphatic imine (C=N–C) groups is 1. The summed E-state index contributed by atoms with van der Waals surface area (Å²) in [6.07, 6.45) is 9.51. The van der Waals surface area contributed by atoms with Crippen LogP contribution in [0.2, 0.25) is 0 Å². The van der Waals surface area contributed by atoms with Crippen LogP contribution in [0.1, 0.15) is 38.2 Å². The first-order valence-electron chi connectivity index (χ1n) is 8.42. The highest BCUT2D eigenvalue weighted by Crippen LogP contribution is 2.08. The van der Waals surface area contributed by atoms with E-state index in [1.807, 2.05) is 16.9 Å². The Balaban J connectivity index is 1.68. The average molecular weight is 313 g/mol. The smallest absolute Gasteiger partial charge is 0.188 e. The van der Waals surface area contributed by atoms with E-state index in [0.29, 0.717) is 5.96 Å². The van der Waals surface area contributed by atoms with Crippen LogP contribution >= 0.6 is 0 Å². The van der Waals surface area contributed by atoms with Crippen molar-refractivity contribution in [2.45, 2.75) is 39.0 Å². The summed E-state index contributed by atoms with van der Waals surface area (Å²) in [5.41, 5.74) is 8.21. The fourth-order valence-electron chi connectivity index (χ4n) is 2.37. The summed E-state index contributed by atoms with van der Waals surface area (Å²) in [6.45, 7) is 3.82. The third-order valence-electron chi connectivity index (χ3n) is 3.72. The van der Waals surface area contributed by atoms with E-state index in [1.54, 1.807) is 6.20 Å². The molecule has 0 saturated heterocycles. The monoisotopic (exact) mass is 313 g/mol. The zero-order valence-electron chi connectivity index (χ0n) is 13.9. The van der Waals surface area contributed by atoms with Crippen molar-refractivity contribution in [1.29, 1.82) is 0 Å². The SMILES string of the molecule is CCCCCCN=C(N)NCCc1ccc(-n2cccn2)cc1. The molecule has 124 valence electrons. The number of benzene rings is 1. The third kappa shape index (κ3) is 6.14. The Hall–Kier alpha value is -2.30. The van der Waals surface area contributed by atoms with Crippen molar-refractivity contribution >= 4 is 5.96 Å². The molecule has 0 amide bonds. The van der Waals surface area contributed by atoms with E-state index in [0.717, 1.165) is 31.6 Å². The van der Waals surface area contributed by atoms with Gasteiger partial charge in [0.2, 0.25) is 0 Å². The van der Waals surface area contributed by atoms with Crippen LogP contribution in [0.5, 0.6) is 0 Å². The maximum Gasteiger partial charge on any atom is 0.188 e. The summed E-state index contributed by atoms with van der Waals surface area (Å²) in [5, 5.41) is 7.40. The Bertz CT molecular complexity index is 572. The van der Waals surface area contributed by atoms with E-state index in [9.17, 15) is 0 Å². The number of nitrogens with one attached hydrogen (secondary N) is 1. The summed E-state index contributed by atoms with van der Waals surface area (Å²) < 4.78 is 1.85. The fourth-order valence-corrected chi connectivity index (χ4v) is 2.37. The van der Waals surface area contributed by atoms with Crippen LogP contribution in [0, 0.1) is 0 Å². The van der Waals surface area contributed by atoms with Crippen LogP contribution in [0.15, 0.2) is 47.7 Å². The Morgan fingerprint density at radius 1 is 1.22 bits per heavy atom. The molecule has 1 aromatic carbocycles. The molecule has 5 heteroatoms. The van der Waals surface area contributed by atoms with E-state index in [2.05, 4.69) is 46.6 Å². The highest BCUT2D eigenvalue weighted by atomic mass is 15.3. The molecule has 1 heterocycles. The highest BCUT2D eigenvalue weighted by molar-refractivity contribution is 5.77. The molecular weight excluding hydrogens is 286 g/mol. The number of hydrogen-bond acceptors (Lipinski definition) is 2. The Morgan fingerprint density at radius 2 is 2.04 bits per heavy atom. The zero-order valence-corrected chi connectivity index (χ0v) is 13.9. The normalized spacial score (nSPS) is 11.6. The van der Waals surface area contributed by atoms with E-state index in [-0.39, 0.29) is 0 Å². The lowest BCUT2D eigenvalue weighted by molar-refractivity contribution is 0.673. The number of hydrogen-bond donors (Lipinski definition) is 2. The van der Waals surface area contributed by atoms with Gasteiger partial charge >= 0.3 is 0 Å². The number of unbranched alkanes of at least 4 members (excludes halogenated alkanes) is 3. The van der Waals surface area contributed by atoms with Crippen molar-refractivity contribution in [3.05, 3.63) is 48.3 Å². The van der Waals surface area contributed by atoms with Gasteiger partial charge in [-0.25, -0.2) is 4.68 Å². The predicted octanol–water partition coefficient (Wildman–Crippen LogP) is 2.90. The number of nitrogens with zero attached hydrogens (tertiary/aromatic N) is 3. The fraction of sp³-hybridized carbons (Fsp3) is 0.444. The molecule has 0 fully saturated rings. The second-order valence-corrected chi connectivity index (χ2v) is 5.62. The standard InChI is InChI=1S/C18H27N5/c1-2-3-4-5-12-20-18(19)21-14-11-16-7-9-17(10-8-16)23-15-6-13-22-23/h6-10,13,15H,2-5,11-12,14H2,1H3,(H3,19,20,21). The molecule has 23 heavy (non-hydrogen) atoms. The molecule has 3 N–H and O–H groups in total. The summed E-state index contributed by atoms with van der Waals surface area (Å²) in [6, 6.07) is 10.3. The average Bonchev–Trinajstić information content (AvgIpc) is 3.10. The first-order chi connectivity index (χ1) is 11.3. The second-order valence-electron chi connectivity index (χ2n) is 5.62. The Morgan fingerprint density at radius 3 is 2.74 bits per heavy atom. The maximum atomic E-state index is 5.87. The van der Waals surface area contributed by atoms with Gasteiger partial charge in [0.05, 0.1) is 5.69 Å². The van der Waals surface area contributed by atoms with Crippen LogP contribution in [-0.2, 0) is 6.42 Å². The van der Waals surface area contributed by atoms with Crippen molar-refractivity contribution in [3.8, 4) is 5.69 Å². The molecule has 5 nitrogen and oxygen atoms in total. The molecule has 0 atom stereocenters. The van der Waals surface area contributed by atoms with Gasteiger partial charge in [-0.2, -0.15) is 5.10 Å². The van der Waals surface area contributed by atoms with Crippen LogP contribution in [0.3, 0.4) is 0 Å². The van der Waals surface area contributed by atoms with Crippen molar-refractivity contribution in [2.24, 2.45) is 10.7 Å². The van der Waals surface area contributed by atoms with Gasteiger partial charge in [0.15, 0.2) is 5.96 Å². The Kier molecular flexibility index (Phi) is 7.17. The van der Waals surface area contributed by atoms with Gasteiger partial charge in [0.1, 0.15) is 0 Å². The van der Waals surface area contributed by atoms with Gasteiger partial charge < -0.3 is 11.1 Å². The zero-order chi connectivity index (χ0) is 16.3. The first kappa shape index (κ1) is 17.1. The van der Waals surface area contributed by atoms with Crippen molar-refractivity contribution < 1.29 is 0 Å². The van der Waals surface area contributed by atoms with Gasteiger partial charge in [0.25, 0.3) is 0 Å². The second kappa shape index (κ2) is 9.66. The van der Waals surface area contributed by atoms with Gasteiger partial charge in [-0.15, -0.1) is 0 Å². The molecule has 0 unspecified atom stereocenters. The molecular formula is C18H27N5. The third-order valence-corrected chi connectivity index (χ3v) is 3.72. The predicted molar refractivity (Wildman–Crippen MR) is 95.9 cm³/mol. The lowest BCUT2D eigenvalue weighted by Crippen LogP contribution is -2.33. The van der Waals surface area contributed by atoms with E-state index in [1.165, 1.54) is 24.8 Å². The molecule has 0 aliphatic rings. The van der Waals surface area contributed by atoms with E-state index >= 15 is 0 Å². The lowest BCUT2D eigenvalue weighted by Gasteiger charge is -2.07. The van der Waals surface area contributed by atoms with Gasteiger partial charge in [0, 0.05) is 25.5 Å². The van der Waals surface area contributed by atoms with E-state index < -0.39 is 0 Å². The Labute approximate surface area is 138 Å². The summed E-state index contributed by atoms with van der Waals surface area (Å²) in [5.74, 6) is 0.551. The summed E-state index contributed by atoms with van der Waals surface area (Å²) >= 11 is 0. The number of guanidine groups is 1. The van der Waals surface area contributed by atoms with Gasteiger partial charge in [-0.05, 0) is 36.6 Å². The molecule has 0 aliphatic carbocycles. The van der Waals surface area contributed by atoms with Gasteiger partial charge in [-0.1, -0.05) is 38.3 Å². The molecule has 0 aliphatic heterocycles. The molecule has 0 saturated carbocycles. The van der Waals surface area contributed by atoms with Crippen molar-refractivity contribution in [2.75, 3.05) is 13.1 Å². The quantitative estimate of drug-likeness (QED) is 0.425. The number of rotatable bonds is 9. The highest BCUT2D eigenvalue weighted by Gasteiger charge is 1.98. The molecule has 0 bridgehead atoms. The minimum atomic E-state index is 0.551. The maximum absolute atomic E-state index is 5.87. The summed E-state index contributed by atoms with van der Waals surface area (Å²) in [4.78, 5) is 4.35. The summed E-state index contributed by atoms with van der Waals surface area (Å²) in [7, 11) is 0. The largest absolute Gasteiger partial charge is 0.370 e. The molecule has 2 aromatic rings. The first-order valence-corrected chi connectivity index (χ1v) is 8.42. The minimum absolute atomic E-state index is 0.551. The molecule has 1 aromatic heterocycles. The molecule has 0 spiro atoms. The van der Waals surface area contributed by atoms with E-state index in [4.69, 9.17) is 5.73 Å². The minimum Gasteiger partial charge on any atom is -0.370 e.